The van der Waals surface area contributed by atoms with Crippen LogP contribution in [-0.4, -0.2) is 54.0 Å². The first-order chi connectivity index (χ1) is 16.7. The fourth-order valence-corrected chi connectivity index (χ4v) is 4.29. The zero-order valence-corrected chi connectivity index (χ0v) is 19.2. The van der Waals surface area contributed by atoms with Crippen molar-refractivity contribution >= 4 is 5.91 Å². The Hall–Kier alpha value is -3.90. The van der Waals surface area contributed by atoms with Crippen molar-refractivity contribution in [1.29, 1.82) is 0 Å². The van der Waals surface area contributed by atoms with Crippen molar-refractivity contribution in [3.8, 4) is 28.5 Å². The second-order valence-corrected chi connectivity index (χ2v) is 8.36. The zero-order valence-electron chi connectivity index (χ0n) is 19.2. The predicted octanol–water partition coefficient (Wildman–Crippen LogP) is 4.98. The van der Waals surface area contributed by atoms with E-state index in [2.05, 4.69) is 34.1 Å². The molecule has 3 aromatic carbocycles. The highest BCUT2D eigenvalue weighted by Gasteiger charge is 2.25. The Labute approximate surface area is 199 Å². The SMILES string of the molecule is COc1cccc(-c2cnc(-c3ccccc3C(=O)N3CCN(Cc4ccccc4)CC3)o2)c1. The molecule has 6 heteroatoms. The van der Waals surface area contributed by atoms with Crippen molar-refractivity contribution < 1.29 is 13.9 Å². The molecule has 4 aromatic rings. The lowest BCUT2D eigenvalue weighted by Crippen LogP contribution is -2.48. The standard InChI is InChI=1S/C28H27N3O3/c1-33-23-11-7-10-22(18-23)26-19-29-27(34-26)24-12-5-6-13-25(24)28(32)31-16-14-30(15-17-31)20-21-8-3-2-4-9-21/h2-13,18-19H,14-17,20H2,1H3. The van der Waals surface area contributed by atoms with Crippen LogP contribution in [0.15, 0.2) is 89.5 Å². The summed E-state index contributed by atoms with van der Waals surface area (Å²) < 4.78 is 11.4. The van der Waals surface area contributed by atoms with Crippen molar-refractivity contribution in [3.05, 3.63) is 96.2 Å². The lowest BCUT2D eigenvalue weighted by atomic mass is 10.1. The number of benzene rings is 3. The second-order valence-electron chi connectivity index (χ2n) is 8.36. The van der Waals surface area contributed by atoms with Gasteiger partial charge in [0, 0.05) is 43.9 Å². The minimum absolute atomic E-state index is 0.0103. The number of nitrogens with zero attached hydrogens (tertiary/aromatic N) is 3. The molecule has 0 unspecified atom stereocenters. The molecule has 1 aromatic heterocycles. The number of amides is 1. The molecule has 6 nitrogen and oxygen atoms in total. The van der Waals surface area contributed by atoms with Gasteiger partial charge in [0.25, 0.3) is 5.91 Å². The average molecular weight is 454 g/mol. The normalized spacial score (nSPS) is 14.2. The molecule has 1 aliphatic rings. The number of ether oxygens (including phenoxy) is 1. The van der Waals surface area contributed by atoms with Gasteiger partial charge in [-0.3, -0.25) is 9.69 Å². The van der Waals surface area contributed by atoms with Crippen LogP contribution in [0, 0.1) is 0 Å². The second kappa shape index (κ2) is 9.93. The van der Waals surface area contributed by atoms with Crippen LogP contribution in [0.2, 0.25) is 0 Å². The molecule has 0 spiro atoms. The minimum Gasteiger partial charge on any atom is -0.497 e. The van der Waals surface area contributed by atoms with Crippen LogP contribution in [-0.2, 0) is 6.54 Å². The highest BCUT2D eigenvalue weighted by Crippen LogP contribution is 2.30. The van der Waals surface area contributed by atoms with Crippen LogP contribution in [0.1, 0.15) is 15.9 Å². The molecular formula is C28H27N3O3. The van der Waals surface area contributed by atoms with Crippen LogP contribution in [0.4, 0.5) is 0 Å². The first-order valence-corrected chi connectivity index (χ1v) is 11.5. The lowest BCUT2D eigenvalue weighted by molar-refractivity contribution is 0.0629. The smallest absolute Gasteiger partial charge is 0.254 e. The maximum absolute atomic E-state index is 13.4. The number of rotatable bonds is 6. The van der Waals surface area contributed by atoms with Gasteiger partial charge in [0.05, 0.1) is 18.9 Å². The van der Waals surface area contributed by atoms with Gasteiger partial charge in [-0.1, -0.05) is 54.6 Å². The Morgan fingerprint density at radius 2 is 1.71 bits per heavy atom. The minimum atomic E-state index is 0.0103. The molecule has 5 rings (SSSR count). The molecule has 0 atom stereocenters. The summed E-state index contributed by atoms with van der Waals surface area (Å²) in [5.41, 5.74) is 3.48. The number of methoxy groups -OCH3 is 1. The summed E-state index contributed by atoms with van der Waals surface area (Å²) in [5.74, 6) is 1.82. The molecule has 0 aliphatic carbocycles. The van der Waals surface area contributed by atoms with Gasteiger partial charge in [-0.2, -0.15) is 0 Å². The lowest BCUT2D eigenvalue weighted by Gasteiger charge is -2.35. The van der Waals surface area contributed by atoms with Gasteiger partial charge in [-0.15, -0.1) is 0 Å². The third-order valence-corrected chi connectivity index (χ3v) is 6.16. The number of hydrogen-bond acceptors (Lipinski definition) is 5. The third-order valence-electron chi connectivity index (χ3n) is 6.16. The number of piperazine rings is 1. The molecule has 0 radical (unpaired) electrons. The summed E-state index contributed by atoms with van der Waals surface area (Å²) in [6, 6.07) is 25.6. The molecule has 2 heterocycles. The van der Waals surface area contributed by atoms with Crippen LogP contribution in [0.5, 0.6) is 5.75 Å². The fourth-order valence-electron chi connectivity index (χ4n) is 4.29. The Kier molecular flexibility index (Phi) is 6.40. The molecule has 172 valence electrons. The number of carbonyl (C=O) groups excluding carboxylic acids is 1. The van der Waals surface area contributed by atoms with Gasteiger partial charge in [-0.25, -0.2) is 4.98 Å². The van der Waals surface area contributed by atoms with Crippen molar-refractivity contribution in [2.24, 2.45) is 0 Å². The number of carbonyl (C=O) groups is 1. The molecule has 0 bridgehead atoms. The molecule has 0 N–H and O–H groups in total. The maximum atomic E-state index is 13.4. The predicted molar refractivity (Wildman–Crippen MR) is 132 cm³/mol. The molecular weight excluding hydrogens is 426 g/mol. The first-order valence-electron chi connectivity index (χ1n) is 11.5. The zero-order chi connectivity index (χ0) is 23.3. The molecule has 0 saturated carbocycles. The molecule has 1 fully saturated rings. The molecule has 1 saturated heterocycles. The van der Waals surface area contributed by atoms with Gasteiger partial charge < -0.3 is 14.1 Å². The van der Waals surface area contributed by atoms with Crippen molar-refractivity contribution in [2.45, 2.75) is 6.54 Å². The fraction of sp³-hybridized carbons (Fsp3) is 0.214. The van der Waals surface area contributed by atoms with Crippen LogP contribution >= 0.6 is 0 Å². The van der Waals surface area contributed by atoms with Gasteiger partial charge in [0.2, 0.25) is 5.89 Å². The number of oxazole rings is 1. The van der Waals surface area contributed by atoms with Crippen LogP contribution < -0.4 is 4.74 Å². The summed E-state index contributed by atoms with van der Waals surface area (Å²) in [4.78, 5) is 22.2. The topological polar surface area (TPSA) is 58.8 Å². The Morgan fingerprint density at radius 3 is 2.50 bits per heavy atom. The van der Waals surface area contributed by atoms with Crippen molar-refractivity contribution in [2.75, 3.05) is 33.3 Å². The molecule has 1 amide bonds. The van der Waals surface area contributed by atoms with Crippen molar-refractivity contribution in [1.82, 2.24) is 14.8 Å². The van der Waals surface area contributed by atoms with E-state index < -0.39 is 0 Å². The Morgan fingerprint density at radius 1 is 0.941 bits per heavy atom. The number of hydrogen-bond donors (Lipinski definition) is 0. The van der Waals surface area contributed by atoms with E-state index in [1.165, 1.54) is 5.56 Å². The van der Waals surface area contributed by atoms with Crippen LogP contribution in [0.25, 0.3) is 22.8 Å². The van der Waals surface area contributed by atoms with Gasteiger partial charge in [0.1, 0.15) is 5.75 Å². The summed E-state index contributed by atoms with van der Waals surface area (Å²) in [5, 5.41) is 0. The van der Waals surface area contributed by atoms with Crippen molar-refractivity contribution in [3.63, 3.8) is 0 Å². The van der Waals surface area contributed by atoms with E-state index in [0.29, 0.717) is 35.9 Å². The molecule has 1 aliphatic heterocycles. The van der Waals surface area contributed by atoms with E-state index in [-0.39, 0.29) is 5.91 Å². The van der Waals surface area contributed by atoms with E-state index in [0.717, 1.165) is 30.9 Å². The van der Waals surface area contributed by atoms with E-state index in [4.69, 9.17) is 9.15 Å². The molecule has 34 heavy (non-hydrogen) atoms. The third kappa shape index (κ3) is 4.72. The Balaban J connectivity index is 1.31. The highest BCUT2D eigenvalue weighted by atomic mass is 16.5. The van der Waals surface area contributed by atoms with Gasteiger partial charge in [0.15, 0.2) is 5.76 Å². The quantitative estimate of drug-likeness (QED) is 0.412. The summed E-state index contributed by atoms with van der Waals surface area (Å²) in [7, 11) is 1.63. The summed E-state index contributed by atoms with van der Waals surface area (Å²) in [6.45, 7) is 3.99. The van der Waals surface area contributed by atoms with E-state index in [9.17, 15) is 4.79 Å². The maximum Gasteiger partial charge on any atom is 0.254 e. The van der Waals surface area contributed by atoms with Crippen LogP contribution in [0.3, 0.4) is 0 Å². The first kappa shape index (κ1) is 21.9. The number of aromatic nitrogens is 1. The summed E-state index contributed by atoms with van der Waals surface area (Å²) >= 11 is 0. The van der Waals surface area contributed by atoms with E-state index >= 15 is 0 Å². The average Bonchev–Trinajstić information content (AvgIpc) is 3.40. The summed E-state index contributed by atoms with van der Waals surface area (Å²) in [6.07, 6.45) is 1.69. The van der Waals surface area contributed by atoms with Gasteiger partial charge in [-0.05, 0) is 29.8 Å². The highest BCUT2D eigenvalue weighted by molar-refractivity contribution is 6.00. The Bertz CT molecular complexity index is 1260. The monoisotopic (exact) mass is 453 g/mol. The van der Waals surface area contributed by atoms with E-state index in [1.54, 1.807) is 13.3 Å². The van der Waals surface area contributed by atoms with Gasteiger partial charge >= 0.3 is 0 Å². The largest absolute Gasteiger partial charge is 0.497 e. The van der Waals surface area contributed by atoms with E-state index in [1.807, 2.05) is 59.5 Å².